The minimum atomic E-state index is -1.15. The van der Waals surface area contributed by atoms with Crippen molar-refractivity contribution in [2.75, 3.05) is 19.6 Å². The number of nitro groups is 1. The first-order valence-corrected chi connectivity index (χ1v) is 7.10. The summed E-state index contributed by atoms with van der Waals surface area (Å²) in [5.74, 6) is -1.91. The molecule has 2 rings (SSSR count). The fraction of sp³-hybridized carbons (Fsp3) is 0.571. The molecule has 7 heteroatoms. The van der Waals surface area contributed by atoms with Crippen molar-refractivity contribution >= 4 is 5.69 Å². The van der Waals surface area contributed by atoms with Crippen LogP contribution in [0.3, 0.4) is 0 Å². The van der Waals surface area contributed by atoms with Gasteiger partial charge in [0.1, 0.15) is 5.82 Å². The van der Waals surface area contributed by atoms with E-state index in [0.29, 0.717) is 18.7 Å². The van der Waals surface area contributed by atoms with Crippen molar-refractivity contribution < 1.29 is 13.7 Å². The first kappa shape index (κ1) is 15.8. The molecule has 116 valence electrons. The van der Waals surface area contributed by atoms with Crippen LogP contribution in [-0.2, 0) is 6.54 Å². The smallest absolute Gasteiger partial charge is 0.305 e. The van der Waals surface area contributed by atoms with Gasteiger partial charge >= 0.3 is 5.69 Å². The maximum absolute atomic E-state index is 13.6. The highest BCUT2D eigenvalue weighted by molar-refractivity contribution is 5.37. The largest absolute Gasteiger partial charge is 0.311 e. The normalized spacial score (nSPS) is 14.7. The molecule has 5 nitrogen and oxygen atoms in total. The van der Waals surface area contributed by atoms with Gasteiger partial charge in [-0.1, -0.05) is 6.92 Å². The zero-order valence-electron chi connectivity index (χ0n) is 11.9. The Balaban J connectivity index is 1.87. The molecule has 0 radical (unpaired) electrons. The lowest BCUT2D eigenvalue weighted by Gasteiger charge is -2.19. The van der Waals surface area contributed by atoms with Crippen LogP contribution in [0.1, 0.15) is 25.3 Å². The quantitative estimate of drug-likeness (QED) is 0.455. The molecule has 0 saturated heterocycles. The molecule has 0 aliphatic heterocycles. The van der Waals surface area contributed by atoms with Crippen LogP contribution < -0.4 is 5.32 Å². The van der Waals surface area contributed by atoms with Crippen molar-refractivity contribution in [3.63, 3.8) is 0 Å². The number of hydrogen-bond donors (Lipinski definition) is 1. The second-order valence-corrected chi connectivity index (χ2v) is 5.19. The number of nitrogens with zero attached hydrogens (tertiary/aromatic N) is 2. The van der Waals surface area contributed by atoms with Crippen molar-refractivity contribution in [2.24, 2.45) is 0 Å². The Labute approximate surface area is 122 Å². The van der Waals surface area contributed by atoms with Crippen LogP contribution in [0.5, 0.6) is 0 Å². The Morgan fingerprint density at radius 2 is 2.10 bits per heavy atom. The fourth-order valence-electron chi connectivity index (χ4n) is 2.34. The maximum atomic E-state index is 13.6. The van der Waals surface area contributed by atoms with Gasteiger partial charge in [-0.25, -0.2) is 4.39 Å². The molecule has 0 aromatic heterocycles. The highest BCUT2D eigenvalue weighted by Gasteiger charge is 2.27. The molecule has 0 heterocycles. The lowest BCUT2D eigenvalue weighted by atomic mass is 10.2. The molecule has 0 atom stereocenters. The summed E-state index contributed by atoms with van der Waals surface area (Å²) in [5.41, 5.74) is -0.584. The van der Waals surface area contributed by atoms with Crippen LogP contribution in [0, 0.1) is 21.7 Å². The molecule has 21 heavy (non-hydrogen) atoms. The summed E-state index contributed by atoms with van der Waals surface area (Å²) in [6, 6.07) is 2.19. The number of nitrogens with one attached hydrogen (secondary N) is 1. The lowest BCUT2D eigenvalue weighted by molar-refractivity contribution is -0.387. The molecule has 1 aromatic carbocycles. The van der Waals surface area contributed by atoms with Crippen molar-refractivity contribution in [2.45, 2.75) is 32.4 Å². The van der Waals surface area contributed by atoms with E-state index >= 15 is 0 Å². The molecular formula is C14H19F2N3O2. The predicted molar refractivity (Wildman–Crippen MR) is 75.0 cm³/mol. The molecule has 1 aliphatic rings. The molecule has 0 bridgehead atoms. The van der Waals surface area contributed by atoms with Gasteiger partial charge in [-0.3, -0.25) is 15.0 Å². The van der Waals surface area contributed by atoms with Gasteiger partial charge in [0.15, 0.2) is 0 Å². The van der Waals surface area contributed by atoms with E-state index in [0.717, 1.165) is 19.2 Å². The van der Waals surface area contributed by atoms with Gasteiger partial charge in [-0.05, 0) is 19.4 Å². The molecule has 1 saturated carbocycles. The Bertz CT molecular complexity index is 521. The first-order chi connectivity index (χ1) is 10.0. The molecule has 1 N–H and O–H groups in total. The number of rotatable bonds is 8. The van der Waals surface area contributed by atoms with Crippen LogP contribution in [0.4, 0.5) is 14.5 Å². The second kappa shape index (κ2) is 6.91. The Kier molecular flexibility index (Phi) is 5.19. The zero-order valence-corrected chi connectivity index (χ0v) is 11.9. The summed E-state index contributed by atoms with van der Waals surface area (Å²) in [5, 5.41) is 13.7. The van der Waals surface area contributed by atoms with E-state index in [1.54, 1.807) is 0 Å². The second-order valence-electron chi connectivity index (χ2n) is 5.19. The minimum Gasteiger partial charge on any atom is -0.311 e. The van der Waals surface area contributed by atoms with Gasteiger partial charge in [0.25, 0.3) is 0 Å². The van der Waals surface area contributed by atoms with E-state index in [9.17, 15) is 18.9 Å². The maximum Gasteiger partial charge on any atom is 0.305 e. The molecule has 1 aliphatic carbocycles. The topological polar surface area (TPSA) is 58.4 Å². The standard InChI is InChI=1S/C14H19F2N3O2/c1-2-18(11-3-4-11)6-5-17-9-10-7-14(19(20)21)13(16)8-12(10)15/h7-8,11,17H,2-6,9H2,1H3. The average molecular weight is 299 g/mol. The molecule has 0 unspecified atom stereocenters. The van der Waals surface area contributed by atoms with E-state index in [1.165, 1.54) is 12.8 Å². The highest BCUT2D eigenvalue weighted by Crippen LogP contribution is 2.26. The summed E-state index contributed by atoms with van der Waals surface area (Å²) in [7, 11) is 0. The Morgan fingerprint density at radius 3 is 2.67 bits per heavy atom. The fourth-order valence-corrected chi connectivity index (χ4v) is 2.34. The van der Waals surface area contributed by atoms with E-state index in [-0.39, 0.29) is 12.1 Å². The third kappa shape index (κ3) is 4.18. The van der Waals surface area contributed by atoms with Gasteiger partial charge in [-0.15, -0.1) is 0 Å². The van der Waals surface area contributed by atoms with E-state index in [2.05, 4.69) is 17.1 Å². The number of benzene rings is 1. The summed E-state index contributed by atoms with van der Waals surface area (Å²) >= 11 is 0. The van der Waals surface area contributed by atoms with Crippen LogP contribution in [0.15, 0.2) is 12.1 Å². The molecule has 0 spiro atoms. The molecule has 0 amide bonds. The zero-order chi connectivity index (χ0) is 15.4. The number of nitro benzene ring substituents is 1. The van der Waals surface area contributed by atoms with Crippen LogP contribution in [0.25, 0.3) is 0 Å². The Hall–Kier alpha value is -1.60. The SMILES string of the molecule is CCN(CCNCc1cc([N+](=O)[O-])c(F)cc1F)C1CC1. The third-order valence-electron chi connectivity index (χ3n) is 3.67. The molecule has 1 fully saturated rings. The number of likely N-dealkylation sites (N-methyl/N-ethyl adjacent to an activating group) is 1. The van der Waals surface area contributed by atoms with Crippen molar-refractivity contribution in [3.05, 3.63) is 39.4 Å². The summed E-state index contributed by atoms with van der Waals surface area (Å²) < 4.78 is 26.8. The average Bonchev–Trinajstić information content (AvgIpc) is 3.25. The Morgan fingerprint density at radius 1 is 1.38 bits per heavy atom. The van der Waals surface area contributed by atoms with Crippen LogP contribution in [0.2, 0.25) is 0 Å². The number of halogens is 2. The van der Waals surface area contributed by atoms with E-state index in [1.807, 2.05) is 0 Å². The van der Waals surface area contributed by atoms with Gasteiger partial charge in [0, 0.05) is 43.4 Å². The summed E-state index contributed by atoms with van der Waals surface area (Å²) in [6.45, 7) is 4.74. The van der Waals surface area contributed by atoms with Gasteiger partial charge < -0.3 is 5.32 Å². The summed E-state index contributed by atoms with van der Waals surface area (Å²) in [4.78, 5) is 12.1. The lowest BCUT2D eigenvalue weighted by Crippen LogP contribution is -2.33. The van der Waals surface area contributed by atoms with Crippen molar-refractivity contribution in [1.29, 1.82) is 0 Å². The van der Waals surface area contributed by atoms with E-state index in [4.69, 9.17) is 0 Å². The van der Waals surface area contributed by atoms with Crippen LogP contribution in [-0.4, -0.2) is 35.5 Å². The van der Waals surface area contributed by atoms with Crippen molar-refractivity contribution in [1.82, 2.24) is 10.2 Å². The minimum absolute atomic E-state index is 0.109. The van der Waals surface area contributed by atoms with Crippen molar-refractivity contribution in [3.8, 4) is 0 Å². The predicted octanol–water partition coefficient (Wildman–Crippen LogP) is 2.45. The monoisotopic (exact) mass is 299 g/mol. The number of hydrogen-bond acceptors (Lipinski definition) is 4. The van der Waals surface area contributed by atoms with E-state index < -0.39 is 22.2 Å². The molecule has 1 aromatic rings. The van der Waals surface area contributed by atoms with Gasteiger partial charge in [0.05, 0.1) is 4.92 Å². The van der Waals surface area contributed by atoms with Gasteiger partial charge in [-0.2, -0.15) is 4.39 Å². The highest BCUT2D eigenvalue weighted by atomic mass is 19.1. The first-order valence-electron chi connectivity index (χ1n) is 7.10. The molecular weight excluding hydrogens is 280 g/mol. The third-order valence-corrected chi connectivity index (χ3v) is 3.67. The van der Waals surface area contributed by atoms with Gasteiger partial charge in [0.2, 0.25) is 5.82 Å². The van der Waals surface area contributed by atoms with Crippen LogP contribution >= 0.6 is 0 Å². The summed E-state index contributed by atoms with van der Waals surface area (Å²) in [6.07, 6.45) is 2.46.